The molecule has 0 bridgehead atoms. The van der Waals surface area contributed by atoms with Crippen LogP contribution in [0.15, 0.2) is 24.3 Å². The highest BCUT2D eigenvalue weighted by atomic mass is 79.9. The first-order valence-electron chi connectivity index (χ1n) is 4.74. The van der Waals surface area contributed by atoms with Gasteiger partial charge in [0.05, 0.1) is 15.2 Å². The van der Waals surface area contributed by atoms with Crippen molar-refractivity contribution in [2.45, 2.75) is 24.6 Å². The van der Waals surface area contributed by atoms with Crippen LogP contribution in [0.1, 0.15) is 18.4 Å². The first-order valence-corrected chi connectivity index (χ1v) is 6.47. The minimum atomic E-state index is 0.578. The van der Waals surface area contributed by atoms with E-state index in [-0.39, 0.29) is 0 Å². The van der Waals surface area contributed by atoms with Gasteiger partial charge in [-0.25, -0.2) is 4.98 Å². The second-order valence-corrected chi connectivity index (χ2v) is 6.07. The van der Waals surface area contributed by atoms with Crippen LogP contribution >= 0.6 is 27.3 Å². The molecule has 0 amide bonds. The van der Waals surface area contributed by atoms with E-state index in [1.807, 2.05) is 17.4 Å². The Morgan fingerprint density at radius 1 is 1.43 bits per heavy atom. The van der Waals surface area contributed by atoms with Gasteiger partial charge in [0.15, 0.2) is 0 Å². The minimum absolute atomic E-state index is 0.578. The summed E-state index contributed by atoms with van der Waals surface area (Å²) in [6.07, 6.45) is 2.23. The fourth-order valence-corrected chi connectivity index (χ4v) is 2.56. The number of rotatable bonds is 3. The number of aryl methyl sites for hydroxylation is 1. The lowest BCUT2D eigenvalue weighted by Crippen LogP contribution is -1.92. The molecule has 1 aromatic carbocycles. The summed E-state index contributed by atoms with van der Waals surface area (Å²) in [6.45, 7) is 2.17. The first-order chi connectivity index (χ1) is 6.75. The molecule has 0 fully saturated rings. The molecule has 0 aliphatic carbocycles. The molecular formula is C11H12BrNS. The number of fused-ring (bicyclic) bond motifs is 1. The van der Waals surface area contributed by atoms with Crippen molar-refractivity contribution in [2.24, 2.45) is 0 Å². The zero-order chi connectivity index (χ0) is 9.97. The van der Waals surface area contributed by atoms with Crippen molar-refractivity contribution < 1.29 is 0 Å². The van der Waals surface area contributed by atoms with Gasteiger partial charge in [-0.05, 0) is 18.6 Å². The number of aromatic nitrogens is 1. The normalized spacial score (nSPS) is 13.3. The molecule has 14 heavy (non-hydrogen) atoms. The van der Waals surface area contributed by atoms with Crippen molar-refractivity contribution in [3.05, 3.63) is 29.3 Å². The van der Waals surface area contributed by atoms with Crippen molar-refractivity contribution in [1.82, 2.24) is 4.98 Å². The molecule has 74 valence electrons. The zero-order valence-corrected chi connectivity index (χ0v) is 10.4. The van der Waals surface area contributed by atoms with E-state index in [1.165, 1.54) is 9.71 Å². The number of thiazole rings is 1. The van der Waals surface area contributed by atoms with Gasteiger partial charge in [0.1, 0.15) is 0 Å². The smallest absolute Gasteiger partial charge is 0.0939 e. The molecule has 0 spiro atoms. The molecule has 0 radical (unpaired) electrons. The van der Waals surface area contributed by atoms with Crippen molar-refractivity contribution in [3.63, 3.8) is 0 Å². The number of halogens is 1. The van der Waals surface area contributed by atoms with Crippen molar-refractivity contribution >= 4 is 37.5 Å². The second-order valence-electron chi connectivity index (χ2n) is 3.39. The Bertz CT molecular complexity index is 389. The van der Waals surface area contributed by atoms with E-state index in [1.54, 1.807) is 0 Å². The molecule has 0 saturated carbocycles. The second kappa shape index (κ2) is 4.41. The van der Waals surface area contributed by atoms with Crippen LogP contribution in [0.2, 0.25) is 0 Å². The zero-order valence-electron chi connectivity index (χ0n) is 8.03. The van der Waals surface area contributed by atoms with Crippen LogP contribution in [-0.4, -0.2) is 9.81 Å². The van der Waals surface area contributed by atoms with Gasteiger partial charge in [0, 0.05) is 11.2 Å². The standard InChI is InChI=1S/C11H12BrNS/c1-8(12)6-7-11-13-9-4-2-3-5-10(9)14-11/h2-5,8H,6-7H2,1H3. The maximum Gasteiger partial charge on any atom is 0.0939 e. The molecule has 1 heterocycles. The Labute approximate surface area is 96.3 Å². The maximum atomic E-state index is 4.58. The summed E-state index contributed by atoms with van der Waals surface area (Å²) in [6, 6.07) is 8.32. The van der Waals surface area contributed by atoms with Crippen LogP contribution in [0, 0.1) is 0 Å². The van der Waals surface area contributed by atoms with Crippen molar-refractivity contribution in [3.8, 4) is 0 Å². The predicted octanol–water partition coefficient (Wildman–Crippen LogP) is 4.01. The average molecular weight is 270 g/mol. The number of hydrogen-bond acceptors (Lipinski definition) is 2. The van der Waals surface area contributed by atoms with Crippen LogP contribution in [-0.2, 0) is 6.42 Å². The number of para-hydroxylation sites is 1. The van der Waals surface area contributed by atoms with E-state index in [9.17, 15) is 0 Å². The average Bonchev–Trinajstić information content (AvgIpc) is 2.57. The largest absolute Gasteiger partial charge is 0.241 e. The molecular weight excluding hydrogens is 258 g/mol. The predicted molar refractivity (Wildman–Crippen MR) is 66.3 cm³/mol. The van der Waals surface area contributed by atoms with Gasteiger partial charge in [-0.2, -0.15) is 0 Å². The van der Waals surface area contributed by atoms with E-state index in [0.717, 1.165) is 18.4 Å². The van der Waals surface area contributed by atoms with Gasteiger partial charge in [0.25, 0.3) is 0 Å². The first kappa shape index (κ1) is 10.1. The number of hydrogen-bond donors (Lipinski definition) is 0. The molecule has 1 nitrogen and oxygen atoms in total. The summed E-state index contributed by atoms with van der Waals surface area (Å²) in [5.74, 6) is 0. The highest BCUT2D eigenvalue weighted by molar-refractivity contribution is 9.09. The summed E-state index contributed by atoms with van der Waals surface area (Å²) in [5.41, 5.74) is 1.13. The third-order valence-electron chi connectivity index (χ3n) is 2.09. The lowest BCUT2D eigenvalue weighted by molar-refractivity contribution is 0.818. The fourth-order valence-electron chi connectivity index (χ4n) is 1.35. The number of alkyl halides is 1. The fraction of sp³-hybridized carbons (Fsp3) is 0.364. The van der Waals surface area contributed by atoms with Crippen LogP contribution in [0.4, 0.5) is 0 Å². The molecule has 2 aromatic rings. The molecule has 1 aromatic heterocycles. The Kier molecular flexibility index (Phi) is 3.19. The lowest BCUT2D eigenvalue weighted by Gasteiger charge is -1.98. The monoisotopic (exact) mass is 269 g/mol. The molecule has 3 heteroatoms. The Balaban J connectivity index is 2.19. The summed E-state index contributed by atoms with van der Waals surface area (Å²) in [4.78, 5) is 5.16. The lowest BCUT2D eigenvalue weighted by atomic mass is 10.2. The molecule has 2 rings (SSSR count). The highest BCUT2D eigenvalue weighted by Gasteiger charge is 2.04. The Morgan fingerprint density at radius 2 is 2.21 bits per heavy atom. The summed E-state index contributed by atoms with van der Waals surface area (Å²) >= 11 is 5.36. The van der Waals surface area contributed by atoms with Gasteiger partial charge >= 0.3 is 0 Å². The van der Waals surface area contributed by atoms with Crippen LogP contribution in [0.5, 0.6) is 0 Å². The van der Waals surface area contributed by atoms with E-state index in [4.69, 9.17) is 0 Å². The highest BCUT2D eigenvalue weighted by Crippen LogP contribution is 2.23. The summed E-state index contributed by atoms with van der Waals surface area (Å²) in [5, 5.41) is 1.25. The molecule has 0 aliphatic heterocycles. The number of benzene rings is 1. The van der Waals surface area contributed by atoms with Gasteiger partial charge in [-0.1, -0.05) is 35.0 Å². The van der Waals surface area contributed by atoms with Gasteiger partial charge in [-0.15, -0.1) is 11.3 Å². The van der Waals surface area contributed by atoms with Crippen LogP contribution in [0.25, 0.3) is 10.2 Å². The van der Waals surface area contributed by atoms with Crippen LogP contribution in [0.3, 0.4) is 0 Å². The van der Waals surface area contributed by atoms with Crippen LogP contribution < -0.4 is 0 Å². The summed E-state index contributed by atoms with van der Waals surface area (Å²) < 4.78 is 1.30. The molecule has 0 saturated heterocycles. The molecule has 0 aliphatic rings. The Hall–Kier alpha value is -0.410. The third-order valence-corrected chi connectivity index (χ3v) is 3.65. The van der Waals surface area contributed by atoms with Gasteiger partial charge in [0.2, 0.25) is 0 Å². The van der Waals surface area contributed by atoms with Gasteiger partial charge < -0.3 is 0 Å². The minimum Gasteiger partial charge on any atom is -0.241 e. The van der Waals surface area contributed by atoms with E-state index >= 15 is 0 Å². The topological polar surface area (TPSA) is 12.9 Å². The van der Waals surface area contributed by atoms with E-state index < -0.39 is 0 Å². The SMILES string of the molecule is CC(Br)CCc1nc2ccccc2s1. The van der Waals surface area contributed by atoms with E-state index in [0.29, 0.717) is 4.83 Å². The van der Waals surface area contributed by atoms with E-state index in [2.05, 4.69) is 46.0 Å². The molecule has 1 atom stereocenters. The third kappa shape index (κ3) is 2.34. The quantitative estimate of drug-likeness (QED) is 0.768. The summed E-state index contributed by atoms with van der Waals surface area (Å²) in [7, 11) is 0. The van der Waals surface area contributed by atoms with Crippen molar-refractivity contribution in [2.75, 3.05) is 0 Å². The molecule has 1 unspecified atom stereocenters. The van der Waals surface area contributed by atoms with Gasteiger partial charge in [-0.3, -0.25) is 0 Å². The maximum absolute atomic E-state index is 4.58. The van der Waals surface area contributed by atoms with Crippen molar-refractivity contribution in [1.29, 1.82) is 0 Å². The molecule has 0 N–H and O–H groups in total. The number of nitrogens with zero attached hydrogens (tertiary/aromatic N) is 1. The Morgan fingerprint density at radius 3 is 2.93 bits per heavy atom.